The number of imidazole rings is 1. The fourth-order valence-electron chi connectivity index (χ4n) is 1.73. The van der Waals surface area contributed by atoms with Crippen LogP contribution in [-0.4, -0.2) is 33.5 Å². The number of nitrogens with zero attached hydrogens (tertiary/aromatic N) is 2. The van der Waals surface area contributed by atoms with Crippen LogP contribution >= 0.6 is 35.5 Å². The highest BCUT2D eigenvalue weighted by Gasteiger charge is 2.17. The van der Waals surface area contributed by atoms with Crippen molar-refractivity contribution in [2.45, 2.75) is 10.9 Å². The number of halogens is 1. The van der Waals surface area contributed by atoms with Gasteiger partial charge in [-0.3, -0.25) is 4.98 Å². The molecular formula is C13H14ClN3O3S2. The number of pyridine rings is 1. The SMILES string of the molecule is COC(=O)c1scc2[nH]c(SCc3ccccn3)nc12.Cl.O. The number of esters is 1. The summed E-state index contributed by atoms with van der Waals surface area (Å²) < 4.78 is 4.74. The number of thioether (sulfide) groups is 1. The number of aromatic nitrogens is 3. The van der Waals surface area contributed by atoms with Gasteiger partial charge in [0.05, 0.1) is 18.3 Å². The van der Waals surface area contributed by atoms with Crippen molar-refractivity contribution in [2.75, 3.05) is 7.11 Å². The van der Waals surface area contributed by atoms with E-state index in [1.807, 2.05) is 23.6 Å². The van der Waals surface area contributed by atoms with E-state index < -0.39 is 0 Å². The average molecular weight is 360 g/mol. The highest BCUT2D eigenvalue weighted by molar-refractivity contribution is 7.98. The number of nitrogens with one attached hydrogen (secondary N) is 1. The lowest BCUT2D eigenvalue weighted by Crippen LogP contribution is -1.98. The number of hydrogen-bond acceptors (Lipinski definition) is 6. The predicted molar refractivity (Wildman–Crippen MR) is 90.0 cm³/mol. The lowest BCUT2D eigenvalue weighted by atomic mass is 10.4. The second-order valence-electron chi connectivity index (χ2n) is 3.97. The van der Waals surface area contributed by atoms with E-state index in [0.29, 0.717) is 10.4 Å². The monoisotopic (exact) mass is 359 g/mol. The Morgan fingerprint density at radius 2 is 2.27 bits per heavy atom. The topological polar surface area (TPSA) is 99.4 Å². The number of ether oxygens (including phenoxy) is 1. The van der Waals surface area contributed by atoms with Crippen LogP contribution in [0.4, 0.5) is 0 Å². The summed E-state index contributed by atoms with van der Waals surface area (Å²) in [6, 6.07) is 5.82. The highest BCUT2D eigenvalue weighted by Crippen LogP contribution is 2.28. The van der Waals surface area contributed by atoms with Gasteiger partial charge in [-0.15, -0.1) is 23.7 Å². The average Bonchev–Trinajstić information content (AvgIpc) is 3.05. The zero-order valence-corrected chi connectivity index (χ0v) is 14.0. The van der Waals surface area contributed by atoms with Crippen LogP contribution in [0.5, 0.6) is 0 Å². The van der Waals surface area contributed by atoms with Crippen LogP contribution in [-0.2, 0) is 10.5 Å². The van der Waals surface area contributed by atoms with Crippen molar-refractivity contribution in [3.05, 3.63) is 40.3 Å². The number of rotatable bonds is 4. The fourth-order valence-corrected chi connectivity index (χ4v) is 3.37. The van der Waals surface area contributed by atoms with Crippen molar-refractivity contribution in [3.63, 3.8) is 0 Å². The third-order valence-electron chi connectivity index (χ3n) is 2.67. The van der Waals surface area contributed by atoms with Crippen molar-refractivity contribution in [1.82, 2.24) is 15.0 Å². The van der Waals surface area contributed by atoms with Crippen LogP contribution in [0.15, 0.2) is 34.9 Å². The van der Waals surface area contributed by atoms with Crippen LogP contribution in [0.25, 0.3) is 11.0 Å². The molecule has 0 spiro atoms. The third-order valence-corrected chi connectivity index (χ3v) is 4.53. The second-order valence-corrected chi connectivity index (χ2v) is 5.81. The smallest absolute Gasteiger partial charge is 0.350 e. The zero-order valence-electron chi connectivity index (χ0n) is 11.5. The van der Waals surface area contributed by atoms with Crippen molar-refractivity contribution in [1.29, 1.82) is 0 Å². The van der Waals surface area contributed by atoms with E-state index in [1.165, 1.54) is 18.4 Å². The van der Waals surface area contributed by atoms with Crippen LogP contribution in [0.1, 0.15) is 15.4 Å². The molecule has 9 heteroatoms. The second kappa shape index (κ2) is 8.14. The zero-order chi connectivity index (χ0) is 13.9. The van der Waals surface area contributed by atoms with Crippen molar-refractivity contribution in [3.8, 4) is 0 Å². The summed E-state index contributed by atoms with van der Waals surface area (Å²) >= 11 is 2.89. The van der Waals surface area contributed by atoms with Gasteiger partial charge in [0, 0.05) is 17.3 Å². The van der Waals surface area contributed by atoms with Crippen LogP contribution < -0.4 is 0 Å². The number of H-pyrrole nitrogens is 1. The molecule has 0 aliphatic rings. The van der Waals surface area contributed by atoms with E-state index in [2.05, 4.69) is 15.0 Å². The largest absolute Gasteiger partial charge is 0.465 e. The summed E-state index contributed by atoms with van der Waals surface area (Å²) in [5.41, 5.74) is 2.52. The minimum atomic E-state index is -0.349. The van der Waals surface area contributed by atoms with Gasteiger partial charge in [-0.05, 0) is 12.1 Å². The Kier molecular flexibility index (Phi) is 6.82. The quantitative estimate of drug-likeness (QED) is 0.570. The highest BCUT2D eigenvalue weighted by atomic mass is 35.5. The fraction of sp³-hybridized carbons (Fsp3) is 0.154. The van der Waals surface area contributed by atoms with Gasteiger partial charge in [-0.2, -0.15) is 0 Å². The minimum Gasteiger partial charge on any atom is -0.465 e. The van der Waals surface area contributed by atoms with Crippen LogP contribution in [0.2, 0.25) is 0 Å². The summed E-state index contributed by atoms with van der Waals surface area (Å²) in [6.07, 6.45) is 1.77. The molecule has 0 amide bonds. The number of aromatic amines is 1. The molecule has 0 aliphatic carbocycles. The Labute approximate surface area is 141 Å². The molecule has 0 fully saturated rings. The van der Waals surface area contributed by atoms with E-state index >= 15 is 0 Å². The number of methoxy groups -OCH3 is 1. The van der Waals surface area contributed by atoms with E-state index in [9.17, 15) is 4.79 Å². The van der Waals surface area contributed by atoms with E-state index in [0.717, 1.165) is 22.1 Å². The van der Waals surface area contributed by atoms with Gasteiger partial charge >= 0.3 is 5.97 Å². The Morgan fingerprint density at radius 1 is 1.45 bits per heavy atom. The van der Waals surface area contributed by atoms with Gasteiger partial charge in [0.15, 0.2) is 5.16 Å². The maximum atomic E-state index is 11.6. The van der Waals surface area contributed by atoms with Crippen molar-refractivity contribution in [2.24, 2.45) is 0 Å². The molecule has 3 N–H and O–H groups in total. The van der Waals surface area contributed by atoms with E-state index in [-0.39, 0.29) is 23.9 Å². The summed E-state index contributed by atoms with van der Waals surface area (Å²) in [7, 11) is 1.37. The summed E-state index contributed by atoms with van der Waals surface area (Å²) in [6.45, 7) is 0. The van der Waals surface area contributed by atoms with Gasteiger partial charge in [-0.25, -0.2) is 9.78 Å². The van der Waals surface area contributed by atoms with Gasteiger partial charge in [0.25, 0.3) is 0 Å². The molecule has 0 aliphatic heterocycles. The molecule has 22 heavy (non-hydrogen) atoms. The third kappa shape index (κ3) is 3.77. The lowest BCUT2D eigenvalue weighted by molar-refractivity contribution is 0.0608. The minimum absolute atomic E-state index is 0. The van der Waals surface area contributed by atoms with Crippen LogP contribution in [0, 0.1) is 0 Å². The molecule has 6 nitrogen and oxygen atoms in total. The molecule has 0 bridgehead atoms. The molecule has 0 atom stereocenters. The summed E-state index contributed by atoms with van der Waals surface area (Å²) in [4.78, 5) is 24.0. The van der Waals surface area contributed by atoms with Gasteiger partial charge in [0.2, 0.25) is 0 Å². The first-order valence-electron chi connectivity index (χ1n) is 5.86. The van der Waals surface area contributed by atoms with Crippen molar-refractivity contribution >= 4 is 52.5 Å². The number of fused-ring (bicyclic) bond motifs is 1. The Hall–Kier alpha value is -1.61. The molecular weight excluding hydrogens is 346 g/mol. The molecule has 118 valence electrons. The van der Waals surface area contributed by atoms with Crippen molar-refractivity contribution < 1.29 is 15.0 Å². The Morgan fingerprint density at radius 3 is 2.95 bits per heavy atom. The van der Waals surface area contributed by atoms with Gasteiger partial charge in [0.1, 0.15) is 10.4 Å². The molecule has 3 aromatic rings. The number of carbonyl (C=O) groups is 1. The van der Waals surface area contributed by atoms with E-state index in [4.69, 9.17) is 4.74 Å². The standard InChI is InChI=1S/C13H11N3O2S2.ClH.H2O/c1-18-12(17)11-10-9(7-19-11)15-13(16-10)20-6-8-4-2-3-5-14-8;;/h2-5,7H,6H2,1H3,(H,15,16);1H;1H2. The number of hydrogen-bond donors (Lipinski definition) is 1. The first-order valence-corrected chi connectivity index (χ1v) is 7.72. The maximum Gasteiger partial charge on any atom is 0.350 e. The molecule has 3 rings (SSSR count). The molecule has 3 aromatic heterocycles. The first-order chi connectivity index (χ1) is 9.78. The molecule has 0 saturated heterocycles. The summed E-state index contributed by atoms with van der Waals surface area (Å²) in [5.74, 6) is 0.381. The predicted octanol–water partition coefficient (Wildman–Crippen LogP) is 2.70. The molecule has 0 radical (unpaired) electrons. The Bertz CT molecular complexity index is 745. The Balaban J connectivity index is 0.00000121. The normalized spacial score (nSPS) is 9.86. The van der Waals surface area contributed by atoms with Crippen LogP contribution in [0.3, 0.4) is 0 Å². The molecule has 0 unspecified atom stereocenters. The van der Waals surface area contributed by atoms with Gasteiger partial charge < -0.3 is 15.2 Å². The number of thiophene rings is 1. The first kappa shape index (κ1) is 18.4. The molecule has 3 heterocycles. The summed E-state index contributed by atoms with van der Waals surface area (Å²) in [5, 5.41) is 2.65. The van der Waals surface area contributed by atoms with E-state index in [1.54, 1.807) is 18.0 Å². The van der Waals surface area contributed by atoms with Gasteiger partial charge in [-0.1, -0.05) is 17.8 Å². The molecule has 0 aromatic carbocycles. The number of carbonyl (C=O) groups excluding carboxylic acids is 1. The lowest BCUT2D eigenvalue weighted by Gasteiger charge is -1.97. The maximum absolute atomic E-state index is 11.6. The molecule has 0 saturated carbocycles.